The van der Waals surface area contributed by atoms with E-state index in [4.69, 9.17) is 0 Å². The van der Waals surface area contributed by atoms with E-state index in [0.29, 0.717) is 0 Å². The molecule has 0 atom stereocenters. The number of para-hydroxylation sites is 4. The summed E-state index contributed by atoms with van der Waals surface area (Å²) in [7, 11) is 0. The summed E-state index contributed by atoms with van der Waals surface area (Å²) in [6.45, 7) is 9.45. The summed E-state index contributed by atoms with van der Waals surface area (Å²) in [5.74, 6) is 0. The zero-order valence-corrected chi connectivity index (χ0v) is 31.9. The van der Waals surface area contributed by atoms with Gasteiger partial charge in [0.15, 0.2) is 0 Å². The van der Waals surface area contributed by atoms with Gasteiger partial charge in [0.1, 0.15) is 0 Å². The average molecular weight is 709 g/mol. The fraction of sp³-hybridized carbons (Fsp3) is 0.0943. The molecular weight excluding hydrogens is 665 g/mol. The fourth-order valence-electron chi connectivity index (χ4n) is 9.02. The second kappa shape index (κ2) is 14.0. The highest BCUT2D eigenvalue weighted by Gasteiger charge is 2.39. The third-order valence-corrected chi connectivity index (χ3v) is 11.4. The van der Waals surface area contributed by atoms with E-state index in [9.17, 15) is 0 Å². The molecule has 1 aliphatic rings. The largest absolute Gasteiger partial charge is 0.311 e. The van der Waals surface area contributed by atoms with Crippen LogP contribution in [-0.2, 0) is 5.41 Å². The molecule has 2 heteroatoms. The van der Waals surface area contributed by atoms with Crippen molar-refractivity contribution < 1.29 is 0 Å². The zero-order chi connectivity index (χ0) is 37.5. The Kier molecular flexibility index (Phi) is 8.67. The molecule has 0 aliphatic heterocycles. The first-order valence-electron chi connectivity index (χ1n) is 19.2. The SMILES string of the molecule is Cc1c(-c2ccc(N(c3ccccc3)c3ccccc3)cc2)ccc2c1C(C)(C)c1c-2ccc(-c2ccc(N(c3ccccc3)c3ccccc3)cc2)c1C. The van der Waals surface area contributed by atoms with Gasteiger partial charge in [0.25, 0.3) is 0 Å². The first kappa shape index (κ1) is 34.1. The van der Waals surface area contributed by atoms with Crippen LogP contribution in [-0.4, -0.2) is 0 Å². The van der Waals surface area contributed by atoms with Crippen LogP contribution in [0, 0.1) is 13.8 Å². The number of rotatable bonds is 8. The predicted octanol–water partition coefficient (Wildman–Crippen LogP) is 14.9. The quantitative estimate of drug-likeness (QED) is 0.155. The van der Waals surface area contributed by atoms with Crippen molar-refractivity contribution in [2.75, 3.05) is 9.80 Å². The lowest BCUT2D eigenvalue weighted by Crippen LogP contribution is -2.18. The van der Waals surface area contributed by atoms with E-state index in [-0.39, 0.29) is 5.41 Å². The lowest BCUT2D eigenvalue weighted by molar-refractivity contribution is 0.651. The summed E-state index contributed by atoms with van der Waals surface area (Å²) in [6.07, 6.45) is 0. The summed E-state index contributed by atoms with van der Waals surface area (Å²) in [4.78, 5) is 4.63. The van der Waals surface area contributed by atoms with Crippen molar-refractivity contribution in [3.63, 3.8) is 0 Å². The molecule has 266 valence electrons. The summed E-state index contributed by atoms with van der Waals surface area (Å²) >= 11 is 0. The molecule has 0 saturated carbocycles. The van der Waals surface area contributed by atoms with Crippen molar-refractivity contribution in [2.45, 2.75) is 33.1 Å². The molecule has 0 fully saturated rings. The molecule has 55 heavy (non-hydrogen) atoms. The van der Waals surface area contributed by atoms with Crippen molar-refractivity contribution in [2.24, 2.45) is 0 Å². The minimum absolute atomic E-state index is 0.153. The normalized spacial score (nSPS) is 12.5. The van der Waals surface area contributed by atoms with Crippen molar-refractivity contribution in [1.82, 2.24) is 0 Å². The van der Waals surface area contributed by atoms with Crippen molar-refractivity contribution in [3.05, 3.63) is 216 Å². The van der Waals surface area contributed by atoms with Gasteiger partial charge in [-0.3, -0.25) is 0 Å². The Balaban J connectivity index is 1.04. The number of hydrogen-bond acceptors (Lipinski definition) is 2. The van der Waals surface area contributed by atoms with Gasteiger partial charge in [0, 0.05) is 39.5 Å². The average Bonchev–Trinajstić information content (AvgIpc) is 3.47. The molecule has 8 aromatic rings. The zero-order valence-electron chi connectivity index (χ0n) is 31.9. The third-order valence-electron chi connectivity index (χ3n) is 11.4. The maximum Gasteiger partial charge on any atom is 0.0462 e. The van der Waals surface area contributed by atoms with Crippen LogP contribution in [0.2, 0.25) is 0 Å². The smallest absolute Gasteiger partial charge is 0.0462 e. The summed E-state index contributed by atoms with van der Waals surface area (Å²) in [5, 5.41) is 0. The molecule has 0 heterocycles. The number of benzene rings is 8. The number of anilines is 6. The van der Waals surface area contributed by atoms with Crippen molar-refractivity contribution in [3.8, 4) is 33.4 Å². The van der Waals surface area contributed by atoms with E-state index in [1.165, 1.54) is 55.6 Å². The first-order valence-corrected chi connectivity index (χ1v) is 19.2. The molecule has 0 bridgehead atoms. The number of hydrogen-bond donors (Lipinski definition) is 0. The molecule has 9 rings (SSSR count). The molecule has 0 aromatic heterocycles. The van der Waals surface area contributed by atoms with Gasteiger partial charge in [0.05, 0.1) is 0 Å². The molecule has 0 radical (unpaired) electrons. The first-order chi connectivity index (χ1) is 26.9. The van der Waals surface area contributed by atoms with Crippen LogP contribution in [0.1, 0.15) is 36.1 Å². The summed E-state index contributed by atoms with van der Waals surface area (Å²) < 4.78 is 0. The summed E-state index contributed by atoms with van der Waals surface area (Å²) in [5.41, 5.74) is 20.0. The Bertz CT molecular complexity index is 2330. The maximum atomic E-state index is 2.41. The highest BCUT2D eigenvalue weighted by molar-refractivity contribution is 5.90. The Hall–Kier alpha value is -6.64. The molecular formula is C53H44N2. The predicted molar refractivity (Wildman–Crippen MR) is 234 cm³/mol. The van der Waals surface area contributed by atoms with Gasteiger partial charge in [-0.2, -0.15) is 0 Å². The fourth-order valence-corrected chi connectivity index (χ4v) is 9.02. The monoisotopic (exact) mass is 708 g/mol. The Morgan fingerprint density at radius 1 is 0.291 bits per heavy atom. The second-order valence-corrected chi connectivity index (χ2v) is 15.1. The van der Waals surface area contributed by atoms with Crippen LogP contribution in [0.15, 0.2) is 194 Å². The van der Waals surface area contributed by atoms with Gasteiger partial charge >= 0.3 is 0 Å². The molecule has 1 aliphatic carbocycles. The van der Waals surface area contributed by atoms with Crippen LogP contribution in [0.5, 0.6) is 0 Å². The molecule has 8 aromatic carbocycles. The molecule has 0 unspecified atom stereocenters. The van der Waals surface area contributed by atoms with Gasteiger partial charge in [-0.25, -0.2) is 0 Å². The van der Waals surface area contributed by atoms with E-state index < -0.39 is 0 Å². The lowest BCUT2D eigenvalue weighted by atomic mass is 9.76. The Labute approximate surface area is 325 Å². The Morgan fingerprint density at radius 3 is 0.836 bits per heavy atom. The van der Waals surface area contributed by atoms with E-state index in [1.54, 1.807) is 0 Å². The highest BCUT2D eigenvalue weighted by Crippen LogP contribution is 2.54. The highest BCUT2D eigenvalue weighted by atomic mass is 15.1. The van der Waals surface area contributed by atoms with Crippen LogP contribution >= 0.6 is 0 Å². The van der Waals surface area contributed by atoms with Gasteiger partial charge in [-0.15, -0.1) is 0 Å². The second-order valence-electron chi connectivity index (χ2n) is 15.1. The van der Waals surface area contributed by atoms with Gasteiger partial charge < -0.3 is 9.80 Å². The number of nitrogens with zero attached hydrogens (tertiary/aromatic N) is 2. The Morgan fingerprint density at radius 2 is 0.545 bits per heavy atom. The van der Waals surface area contributed by atoms with Crippen molar-refractivity contribution >= 4 is 34.1 Å². The molecule has 0 saturated heterocycles. The van der Waals surface area contributed by atoms with E-state index in [1.807, 2.05) is 0 Å². The maximum absolute atomic E-state index is 2.41. The molecule has 2 nitrogen and oxygen atoms in total. The minimum Gasteiger partial charge on any atom is -0.311 e. The van der Waals surface area contributed by atoms with Gasteiger partial charge in [0.2, 0.25) is 0 Å². The van der Waals surface area contributed by atoms with E-state index in [0.717, 1.165) is 34.1 Å². The van der Waals surface area contributed by atoms with Gasteiger partial charge in [-0.1, -0.05) is 135 Å². The van der Waals surface area contributed by atoms with Crippen LogP contribution in [0.3, 0.4) is 0 Å². The molecule has 0 amide bonds. The van der Waals surface area contributed by atoms with Crippen molar-refractivity contribution in [1.29, 1.82) is 0 Å². The number of fused-ring (bicyclic) bond motifs is 3. The van der Waals surface area contributed by atoms with E-state index in [2.05, 4.69) is 232 Å². The standard InChI is InChI=1S/C53H44N2/c1-37-47(39-25-29-45(30-26-39)54(41-17-9-5-10-18-41)42-19-11-6-12-20-42)33-35-49-50-36-34-48(38(2)52(50)53(3,4)51(37)49)40-27-31-46(32-28-40)55(43-21-13-7-14-22-43)44-23-15-8-16-24-44/h5-36H,1-4H3. The molecule has 0 spiro atoms. The molecule has 0 N–H and O–H groups in total. The van der Waals surface area contributed by atoms with E-state index >= 15 is 0 Å². The lowest BCUT2D eigenvalue weighted by Gasteiger charge is -2.28. The summed E-state index contributed by atoms with van der Waals surface area (Å²) in [6, 6.07) is 69.9. The van der Waals surface area contributed by atoms with Gasteiger partial charge in [-0.05, 0) is 142 Å². The van der Waals surface area contributed by atoms with Crippen LogP contribution < -0.4 is 9.80 Å². The van der Waals surface area contributed by atoms with Crippen LogP contribution in [0.4, 0.5) is 34.1 Å². The van der Waals surface area contributed by atoms with Crippen LogP contribution in [0.25, 0.3) is 33.4 Å². The third kappa shape index (κ3) is 6.01. The minimum atomic E-state index is -0.153. The topological polar surface area (TPSA) is 6.48 Å².